The van der Waals surface area contributed by atoms with Crippen molar-refractivity contribution in [1.29, 1.82) is 0 Å². The van der Waals surface area contributed by atoms with Crippen LogP contribution in [0.25, 0.3) is 0 Å². The predicted molar refractivity (Wildman–Crippen MR) is 67.5 cm³/mol. The molecule has 1 aromatic carbocycles. The van der Waals surface area contributed by atoms with E-state index in [1.807, 2.05) is 24.3 Å². The number of hydrogen-bond donors (Lipinski definition) is 2. The van der Waals surface area contributed by atoms with Gasteiger partial charge in [-0.05, 0) is 28.1 Å². The van der Waals surface area contributed by atoms with Crippen LogP contribution in [-0.2, 0) is 9.53 Å². The zero-order valence-corrected chi connectivity index (χ0v) is 10.7. The van der Waals surface area contributed by atoms with Crippen LogP contribution in [0.1, 0.15) is 0 Å². The largest absolute Gasteiger partial charge is 0.383 e. The molecular formula is C11H15BrN2O2. The second-order valence-electron chi connectivity index (χ2n) is 3.20. The zero-order chi connectivity index (χ0) is 11.8. The second kappa shape index (κ2) is 7.38. The van der Waals surface area contributed by atoms with Crippen molar-refractivity contribution >= 4 is 27.5 Å². The summed E-state index contributed by atoms with van der Waals surface area (Å²) in [4.78, 5) is 11.5. The summed E-state index contributed by atoms with van der Waals surface area (Å²) < 4.78 is 5.73. The van der Waals surface area contributed by atoms with Crippen molar-refractivity contribution in [3.05, 3.63) is 28.7 Å². The molecule has 2 N–H and O–H groups in total. The third-order valence-corrected chi connectivity index (χ3v) is 2.61. The van der Waals surface area contributed by atoms with Gasteiger partial charge in [0.1, 0.15) is 0 Å². The molecule has 0 heterocycles. The molecule has 0 bridgehead atoms. The highest BCUT2D eigenvalue weighted by Crippen LogP contribution is 2.20. The van der Waals surface area contributed by atoms with E-state index in [-0.39, 0.29) is 12.5 Å². The Morgan fingerprint density at radius 3 is 2.88 bits per heavy atom. The van der Waals surface area contributed by atoms with E-state index in [4.69, 9.17) is 4.74 Å². The summed E-state index contributed by atoms with van der Waals surface area (Å²) in [7, 11) is 1.63. The van der Waals surface area contributed by atoms with Crippen molar-refractivity contribution in [1.82, 2.24) is 5.32 Å². The number of benzene rings is 1. The van der Waals surface area contributed by atoms with Gasteiger partial charge in [-0.1, -0.05) is 12.1 Å². The van der Waals surface area contributed by atoms with Gasteiger partial charge in [0.25, 0.3) is 0 Å². The molecule has 0 unspecified atom stereocenters. The Hall–Kier alpha value is -0.910. The molecule has 0 aromatic heterocycles. The molecule has 1 aromatic rings. The maximum absolute atomic E-state index is 11.5. The van der Waals surface area contributed by atoms with Crippen LogP contribution < -0.4 is 10.6 Å². The molecule has 88 valence electrons. The van der Waals surface area contributed by atoms with Crippen molar-refractivity contribution in [3.63, 3.8) is 0 Å². The number of anilines is 1. The lowest BCUT2D eigenvalue weighted by Crippen LogP contribution is -2.30. The smallest absolute Gasteiger partial charge is 0.238 e. The number of ether oxygens (including phenoxy) is 1. The number of hydrogen-bond acceptors (Lipinski definition) is 3. The van der Waals surface area contributed by atoms with Gasteiger partial charge in [0.05, 0.1) is 18.8 Å². The van der Waals surface area contributed by atoms with Crippen LogP contribution in [0.5, 0.6) is 0 Å². The Morgan fingerprint density at radius 2 is 2.19 bits per heavy atom. The summed E-state index contributed by atoms with van der Waals surface area (Å²) in [5.41, 5.74) is 0.779. The molecule has 0 atom stereocenters. The molecule has 0 fully saturated rings. The monoisotopic (exact) mass is 286 g/mol. The van der Waals surface area contributed by atoms with Crippen molar-refractivity contribution in [3.8, 4) is 0 Å². The van der Waals surface area contributed by atoms with E-state index in [9.17, 15) is 4.79 Å². The van der Waals surface area contributed by atoms with Crippen LogP contribution in [0.3, 0.4) is 0 Å². The Bertz CT molecular complexity index is 345. The number of methoxy groups -OCH3 is 1. The van der Waals surface area contributed by atoms with Crippen molar-refractivity contribution in [2.75, 3.05) is 32.1 Å². The summed E-state index contributed by atoms with van der Waals surface area (Å²) in [5, 5.41) is 5.77. The standard InChI is InChI=1S/C11H15BrN2O2/c1-16-7-6-13-8-11(15)14-10-5-3-2-4-9(10)12/h2-5,13H,6-8H2,1H3,(H,14,15). The first-order valence-electron chi connectivity index (χ1n) is 4.98. The number of nitrogens with one attached hydrogen (secondary N) is 2. The minimum absolute atomic E-state index is 0.0667. The van der Waals surface area contributed by atoms with Crippen molar-refractivity contribution < 1.29 is 9.53 Å². The van der Waals surface area contributed by atoms with Gasteiger partial charge in [0.15, 0.2) is 0 Å². The lowest BCUT2D eigenvalue weighted by molar-refractivity contribution is -0.115. The lowest BCUT2D eigenvalue weighted by atomic mass is 10.3. The Morgan fingerprint density at radius 1 is 1.44 bits per heavy atom. The number of carbonyl (C=O) groups excluding carboxylic acids is 1. The quantitative estimate of drug-likeness (QED) is 0.782. The Labute approximate surface area is 103 Å². The third kappa shape index (κ3) is 4.74. The fraction of sp³-hybridized carbons (Fsp3) is 0.364. The molecular weight excluding hydrogens is 272 g/mol. The first-order chi connectivity index (χ1) is 7.74. The molecule has 16 heavy (non-hydrogen) atoms. The lowest BCUT2D eigenvalue weighted by Gasteiger charge is -2.07. The van der Waals surface area contributed by atoms with Gasteiger partial charge >= 0.3 is 0 Å². The van der Waals surface area contributed by atoms with Gasteiger partial charge in [-0.25, -0.2) is 0 Å². The van der Waals surface area contributed by atoms with Gasteiger partial charge in [0.2, 0.25) is 5.91 Å². The summed E-state index contributed by atoms with van der Waals surface area (Å²) in [5.74, 6) is -0.0667. The number of carbonyl (C=O) groups is 1. The van der Waals surface area contributed by atoms with Crippen LogP contribution in [-0.4, -0.2) is 32.7 Å². The molecule has 1 amide bonds. The minimum Gasteiger partial charge on any atom is -0.383 e. The van der Waals surface area contributed by atoms with Crippen molar-refractivity contribution in [2.24, 2.45) is 0 Å². The third-order valence-electron chi connectivity index (χ3n) is 1.92. The van der Waals surface area contributed by atoms with E-state index in [0.29, 0.717) is 13.2 Å². The molecule has 0 aliphatic carbocycles. The van der Waals surface area contributed by atoms with Crippen molar-refractivity contribution in [2.45, 2.75) is 0 Å². The predicted octanol–water partition coefficient (Wildman–Crippen LogP) is 1.62. The Balaban J connectivity index is 2.32. The molecule has 0 aliphatic heterocycles. The number of halogens is 1. The topological polar surface area (TPSA) is 50.4 Å². The van der Waals surface area contributed by atoms with Gasteiger partial charge in [-0.2, -0.15) is 0 Å². The van der Waals surface area contributed by atoms with Crippen LogP contribution >= 0.6 is 15.9 Å². The van der Waals surface area contributed by atoms with Gasteiger partial charge in [-0.15, -0.1) is 0 Å². The number of para-hydroxylation sites is 1. The van der Waals surface area contributed by atoms with E-state index in [0.717, 1.165) is 10.2 Å². The summed E-state index contributed by atoms with van der Waals surface area (Å²) >= 11 is 3.36. The molecule has 0 saturated heterocycles. The SMILES string of the molecule is COCCNCC(=O)Nc1ccccc1Br. The fourth-order valence-corrected chi connectivity index (χ4v) is 1.52. The molecule has 0 spiro atoms. The minimum atomic E-state index is -0.0667. The molecule has 4 nitrogen and oxygen atoms in total. The van der Waals surface area contributed by atoms with Crippen LogP contribution in [0.2, 0.25) is 0 Å². The molecule has 0 aliphatic rings. The number of amides is 1. The molecule has 5 heteroatoms. The molecule has 1 rings (SSSR count). The first kappa shape index (κ1) is 13.2. The second-order valence-corrected chi connectivity index (χ2v) is 4.05. The first-order valence-corrected chi connectivity index (χ1v) is 5.77. The Kier molecular flexibility index (Phi) is 6.07. The highest BCUT2D eigenvalue weighted by atomic mass is 79.9. The highest BCUT2D eigenvalue weighted by Gasteiger charge is 2.03. The van der Waals surface area contributed by atoms with Crippen LogP contribution in [0, 0.1) is 0 Å². The van der Waals surface area contributed by atoms with E-state index < -0.39 is 0 Å². The van der Waals surface area contributed by atoms with Gasteiger partial charge < -0.3 is 15.4 Å². The normalized spacial score (nSPS) is 10.1. The zero-order valence-electron chi connectivity index (χ0n) is 9.13. The summed E-state index contributed by atoms with van der Waals surface area (Å²) in [6, 6.07) is 7.50. The van der Waals surface area contributed by atoms with E-state index in [2.05, 4.69) is 26.6 Å². The van der Waals surface area contributed by atoms with Gasteiger partial charge in [0, 0.05) is 18.1 Å². The maximum atomic E-state index is 11.5. The summed E-state index contributed by atoms with van der Waals surface area (Å²) in [6.45, 7) is 1.55. The van der Waals surface area contributed by atoms with E-state index in [1.54, 1.807) is 7.11 Å². The summed E-state index contributed by atoms with van der Waals surface area (Å²) in [6.07, 6.45) is 0. The van der Waals surface area contributed by atoms with E-state index in [1.165, 1.54) is 0 Å². The average molecular weight is 287 g/mol. The van der Waals surface area contributed by atoms with E-state index >= 15 is 0 Å². The van der Waals surface area contributed by atoms with Gasteiger partial charge in [-0.3, -0.25) is 4.79 Å². The fourth-order valence-electron chi connectivity index (χ4n) is 1.13. The molecule has 0 saturated carbocycles. The van der Waals surface area contributed by atoms with Crippen LogP contribution in [0.4, 0.5) is 5.69 Å². The average Bonchev–Trinajstić information content (AvgIpc) is 2.28. The maximum Gasteiger partial charge on any atom is 0.238 e. The highest BCUT2D eigenvalue weighted by molar-refractivity contribution is 9.10. The van der Waals surface area contributed by atoms with Crippen LogP contribution in [0.15, 0.2) is 28.7 Å². The number of rotatable bonds is 6. The molecule has 0 radical (unpaired) electrons.